The smallest absolute Gasteiger partial charge is 0.275 e. The topological polar surface area (TPSA) is 67.5 Å². The van der Waals surface area contributed by atoms with E-state index in [0.717, 1.165) is 5.56 Å². The normalized spacial score (nSPS) is 18.1. The first kappa shape index (κ1) is 8.50. The number of rotatable bonds is 1. The van der Waals surface area contributed by atoms with Crippen LogP contribution in [-0.2, 0) is 4.79 Å². The predicted octanol–water partition coefficient (Wildman–Crippen LogP) is 0.472. The van der Waals surface area contributed by atoms with Crippen LogP contribution in [0.15, 0.2) is 41.0 Å². The van der Waals surface area contributed by atoms with E-state index >= 15 is 0 Å². The van der Waals surface area contributed by atoms with Crippen molar-refractivity contribution in [1.82, 2.24) is 5.43 Å². The van der Waals surface area contributed by atoms with Gasteiger partial charge < -0.3 is 5.73 Å². The summed E-state index contributed by atoms with van der Waals surface area (Å²) in [7, 11) is 0. The van der Waals surface area contributed by atoms with E-state index in [9.17, 15) is 4.79 Å². The number of hydrogen-bond acceptors (Lipinski definition) is 3. The van der Waals surface area contributed by atoms with Crippen molar-refractivity contribution < 1.29 is 4.79 Å². The molecule has 0 unspecified atom stereocenters. The Balaban J connectivity index is 2.36. The van der Waals surface area contributed by atoms with Crippen molar-refractivity contribution >= 4 is 17.8 Å². The second-order valence-corrected chi connectivity index (χ2v) is 2.91. The largest absolute Gasteiger partial charge is 0.382 e. The highest BCUT2D eigenvalue weighted by Gasteiger charge is 2.19. The maximum atomic E-state index is 11.2. The first-order chi connectivity index (χ1) is 6.77. The van der Waals surface area contributed by atoms with Crippen LogP contribution in [0.1, 0.15) is 5.56 Å². The van der Waals surface area contributed by atoms with E-state index in [1.165, 1.54) is 0 Å². The van der Waals surface area contributed by atoms with Gasteiger partial charge in [-0.2, -0.15) is 5.10 Å². The molecular formula is C10H9N3O. The fraction of sp³-hybridized carbons (Fsp3) is 0. The van der Waals surface area contributed by atoms with Crippen LogP contribution in [-0.4, -0.2) is 11.7 Å². The fourth-order valence-corrected chi connectivity index (χ4v) is 1.20. The molecule has 0 atom stereocenters. The number of hydrazone groups is 1. The molecule has 70 valence electrons. The molecule has 0 aromatic heterocycles. The molecule has 0 fully saturated rings. The molecule has 1 amide bonds. The molecule has 4 nitrogen and oxygen atoms in total. The zero-order valence-electron chi connectivity index (χ0n) is 7.40. The van der Waals surface area contributed by atoms with Crippen LogP contribution in [0.3, 0.4) is 0 Å². The standard InChI is InChI=1S/C10H9N3O/c11-9-8(10(14)13-12-9)6-7-4-2-1-3-5-7/h1-6H,(H2,11,12)(H,13,14)/b8-6-. The van der Waals surface area contributed by atoms with Crippen LogP contribution in [0.5, 0.6) is 0 Å². The number of carbonyl (C=O) groups is 1. The Morgan fingerprint density at radius 1 is 1.29 bits per heavy atom. The van der Waals surface area contributed by atoms with Gasteiger partial charge >= 0.3 is 0 Å². The minimum atomic E-state index is -0.258. The van der Waals surface area contributed by atoms with E-state index in [1.54, 1.807) is 6.08 Å². The lowest BCUT2D eigenvalue weighted by molar-refractivity contribution is -0.116. The maximum Gasteiger partial charge on any atom is 0.275 e. The zero-order chi connectivity index (χ0) is 9.97. The molecule has 3 N–H and O–H groups in total. The second kappa shape index (κ2) is 3.33. The van der Waals surface area contributed by atoms with Crippen molar-refractivity contribution in [1.29, 1.82) is 0 Å². The van der Waals surface area contributed by atoms with Gasteiger partial charge in [-0.1, -0.05) is 30.3 Å². The first-order valence-electron chi connectivity index (χ1n) is 4.18. The SMILES string of the molecule is NC1=NNC(=O)/C1=C\c1ccccc1. The van der Waals surface area contributed by atoms with Crippen molar-refractivity contribution in [3.63, 3.8) is 0 Å². The lowest BCUT2D eigenvalue weighted by Crippen LogP contribution is -2.16. The number of benzene rings is 1. The number of nitrogens with zero attached hydrogens (tertiary/aromatic N) is 1. The molecular weight excluding hydrogens is 178 g/mol. The molecule has 0 saturated carbocycles. The van der Waals surface area contributed by atoms with Crippen LogP contribution in [0, 0.1) is 0 Å². The Bertz CT molecular complexity index is 420. The average molecular weight is 187 g/mol. The minimum Gasteiger partial charge on any atom is -0.382 e. The summed E-state index contributed by atoms with van der Waals surface area (Å²) in [5.74, 6) is -0.0230. The molecule has 1 aliphatic rings. The number of nitrogens with two attached hydrogens (primary N) is 1. The molecule has 1 heterocycles. The Morgan fingerprint density at radius 2 is 2.00 bits per heavy atom. The summed E-state index contributed by atoms with van der Waals surface area (Å²) in [5, 5.41) is 3.62. The van der Waals surface area contributed by atoms with E-state index in [0.29, 0.717) is 5.57 Å². The van der Waals surface area contributed by atoms with Crippen molar-refractivity contribution in [3.8, 4) is 0 Å². The van der Waals surface area contributed by atoms with Gasteiger partial charge in [0.15, 0.2) is 5.84 Å². The number of amides is 1. The van der Waals surface area contributed by atoms with Gasteiger partial charge in [0.25, 0.3) is 5.91 Å². The minimum absolute atomic E-state index is 0.235. The number of hydrogen-bond donors (Lipinski definition) is 2. The second-order valence-electron chi connectivity index (χ2n) is 2.91. The summed E-state index contributed by atoms with van der Waals surface area (Å²) < 4.78 is 0. The van der Waals surface area contributed by atoms with Gasteiger partial charge in [0.2, 0.25) is 0 Å². The van der Waals surface area contributed by atoms with Gasteiger partial charge in [0.1, 0.15) is 0 Å². The summed E-state index contributed by atoms with van der Waals surface area (Å²) in [4.78, 5) is 11.2. The molecule has 1 aromatic carbocycles. The molecule has 0 saturated heterocycles. The van der Waals surface area contributed by atoms with Crippen molar-refractivity contribution in [3.05, 3.63) is 41.5 Å². The highest BCUT2D eigenvalue weighted by atomic mass is 16.2. The fourth-order valence-electron chi connectivity index (χ4n) is 1.20. The Morgan fingerprint density at radius 3 is 2.57 bits per heavy atom. The van der Waals surface area contributed by atoms with Gasteiger partial charge in [0.05, 0.1) is 5.57 Å². The van der Waals surface area contributed by atoms with Crippen molar-refractivity contribution in [2.24, 2.45) is 10.8 Å². The molecule has 4 heteroatoms. The molecule has 0 aliphatic carbocycles. The van der Waals surface area contributed by atoms with Crippen molar-refractivity contribution in [2.75, 3.05) is 0 Å². The van der Waals surface area contributed by atoms with Gasteiger partial charge in [-0.25, -0.2) is 5.43 Å². The van der Waals surface area contributed by atoms with E-state index in [2.05, 4.69) is 10.5 Å². The Kier molecular flexibility index (Phi) is 2.02. The van der Waals surface area contributed by atoms with Gasteiger partial charge in [0, 0.05) is 0 Å². The summed E-state index contributed by atoms with van der Waals surface area (Å²) in [6.07, 6.45) is 1.71. The van der Waals surface area contributed by atoms with Gasteiger partial charge in [-0.15, -0.1) is 0 Å². The first-order valence-corrected chi connectivity index (χ1v) is 4.18. The molecule has 2 rings (SSSR count). The maximum absolute atomic E-state index is 11.2. The van der Waals surface area contributed by atoms with E-state index in [-0.39, 0.29) is 11.7 Å². The molecule has 0 spiro atoms. The third-order valence-electron chi connectivity index (χ3n) is 1.91. The number of carbonyl (C=O) groups excluding carboxylic acids is 1. The number of nitrogens with one attached hydrogen (secondary N) is 1. The van der Waals surface area contributed by atoms with Crippen LogP contribution in [0.4, 0.5) is 0 Å². The molecule has 1 aliphatic heterocycles. The van der Waals surface area contributed by atoms with Crippen LogP contribution in [0.2, 0.25) is 0 Å². The lowest BCUT2D eigenvalue weighted by Gasteiger charge is -1.95. The highest BCUT2D eigenvalue weighted by Crippen LogP contribution is 2.09. The molecule has 0 bridgehead atoms. The lowest BCUT2D eigenvalue weighted by atomic mass is 10.1. The third-order valence-corrected chi connectivity index (χ3v) is 1.91. The van der Waals surface area contributed by atoms with Crippen LogP contribution >= 0.6 is 0 Å². The van der Waals surface area contributed by atoms with Gasteiger partial charge in [-0.3, -0.25) is 4.79 Å². The van der Waals surface area contributed by atoms with Crippen LogP contribution < -0.4 is 11.2 Å². The monoisotopic (exact) mass is 187 g/mol. The zero-order valence-corrected chi connectivity index (χ0v) is 7.40. The van der Waals surface area contributed by atoms with E-state index in [1.807, 2.05) is 30.3 Å². The molecule has 1 aromatic rings. The quantitative estimate of drug-likeness (QED) is 0.627. The van der Waals surface area contributed by atoms with Crippen molar-refractivity contribution in [2.45, 2.75) is 0 Å². The summed E-state index contributed by atoms with van der Waals surface area (Å²) in [5.41, 5.74) is 9.15. The van der Waals surface area contributed by atoms with E-state index < -0.39 is 0 Å². The summed E-state index contributed by atoms with van der Waals surface area (Å²) in [6, 6.07) is 9.49. The third kappa shape index (κ3) is 1.50. The highest BCUT2D eigenvalue weighted by molar-refractivity contribution is 6.26. The Hall–Kier alpha value is -2.10. The molecule has 14 heavy (non-hydrogen) atoms. The Labute approximate surface area is 81.1 Å². The summed E-state index contributed by atoms with van der Waals surface area (Å²) in [6.45, 7) is 0. The molecule has 0 radical (unpaired) electrons. The van der Waals surface area contributed by atoms with Gasteiger partial charge in [-0.05, 0) is 11.6 Å². The van der Waals surface area contributed by atoms with E-state index in [4.69, 9.17) is 5.73 Å². The average Bonchev–Trinajstić information content (AvgIpc) is 2.51. The number of amidine groups is 1. The summed E-state index contributed by atoms with van der Waals surface area (Å²) >= 11 is 0. The predicted molar refractivity (Wildman–Crippen MR) is 54.2 cm³/mol. The van der Waals surface area contributed by atoms with Crippen LogP contribution in [0.25, 0.3) is 6.08 Å².